The van der Waals surface area contributed by atoms with Crippen LogP contribution in [0.1, 0.15) is 11.4 Å². The predicted octanol–water partition coefficient (Wildman–Crippen LogP) is 2.23. The first-order valence-corrected chi connectivity index (χ1v) is 4.21. The topological polar surface area (TPSA) is 17.8 Å². The smallest absolute Gasteiger partial charge is 0.109 e. The number of nitrogens with zero attached hydrogens (tertiary/aromatic N) is 2. The molecule has 1 aromatic heterocycles. The molecule has 0 bridgehead atoms. The van der Waals surface area contributed by atoms with Gasteiger partial charge in [-0.25, -0.2) is 4.39 Å². The zero-order valence-electron chi connectivity index (χ0n) is 6.56. The molecule has 4 heteroatoms. The molecule has 0 unspecified atom stereocenters. The molecule has 0 aliphatic carbocycles. The van der Waals surface area contributed by atoms with Gasteiger partial charge in [0.2, 0.25) is 0 Å². The van der Waals surface area contributed by atoms with Crippen LogP contribution in [0.2, 0.25) is 0 Å². The van der Waals surface area contributed by atoms with E-state index in [1.54, 1.807) is 4.68 Å². The molecule has 0 aliphatic rings. The molecular weight excluding hydrogens is 211 g/mol. The second-order valence-corrected chi connectivity index (χ2v) is 3.19. The van der Waals surface area contributed by atoms with E-state index in [4.69, 9.17) is 0 Å². The third-order valence-corrected chi connectivity index (χ3v) is 2.74. The number of halogens is 2. The van der Waals surface area contributed by atoms with Crippen molar-refractivity contribution in [2.75, 3.05) is 6.67 Å². The quantitative estimate of drug-likeness (QED) is 0.748. The van der Waals surface area contributed by atoms with E-state index in [-0.39, 0.29) is 6.67 Å². The standard InChI is InChI=1S/C7H10BrFN2/c1-5-7(8)6(2)11(10-5)4-3-9/h3-4H2,1-2H3. The number of aromatic nitrogens is 2. The van der Waals surface area contributed by atoms with Crippen molar-refractivity contribution >= 4 is 15.9 Å². The lowest BCUT2D eigenvalue weighted by molar-refractivity contribution is 0.422. The summed E-state index contributed by atoms with van der Waals surface area (Å²) < 4.78 is 14.6. The molecule has 0 N–H and O–H groups in total. The average Bonchev–Trinajstić information content (AvgIpc) is 2.19. The molecule has 0 saturated carbocycles. The summed E-state index contributed by atoms with van der Waals surface area (Å²) in [6.07, 6.45) is 0. The maximum Gasteiger partial charge on any atom is 0.109 e. The molecule has 0 atom stereocenters. The fourth-order valence-corrected chi connectivity index (χ4v) is 1.26. The molecule has 2 nitrogen and oxygen atoms in total. The molecule has 1 aromatic rings. The van der Waals surface area contributed by atoms with Crippen LogP contribution in [-0.4, -0.2) is 16.5 Å². The van der Waals surface area contributed by atoms with Crippen molar-refractivity contribution in [2.45, 2.75) is 20.4 Å². The van der Waals surface area contributed by atoms with E-state index in [2.05, 4.69) is 21.0 Å². The first-order chi connectivity index (χ1) is 5.16. The van der Waals surface area contributed by atoms with Gasteiger partial charge in [-0.1, -0.05) is 0 Å². The first kappa shape index (κ1) is 8.71. The highest BCUT2D eigenvalue weighted by molar-refractivity contribution is 9.10. The maximum absolute atomic E-state index is 11.9. The van der Waals surface area contributed by atoms with Crippen LogP contribution in [0.4, 0.5) is 4.39 Å². The second kappa shape index (κ2) is 3.34. The lowest BCUT2D eigenvalue weighted by atomic mass is 10.4. The number of alkyl halides is 1. The number of rotatable bonds is 2. The minimum absolute atomic E-state index is 0.346. The Labute approximate surface area is 73.5 Å². The van der Waals surface area contributed by atoms with Gasteiger partial charge in [0.05, 0.1) is 16.7 Å². The van der Waals surface area contributed by atoms with Crippen LogP contribution in [0.3, 0.4) is 0 Å². The van der Waals surface area contributed by atoms with Gasteiger partial charge in [0.15, 0.2) is 0 Å². The number of hydrogen-bond donors (Lipinski definition) is 0. The fourth-order valence-electron chi connectivity index (χ4n) is 0.973. The van der Waals surface area contributed by atoms with Crippen LogP contribution >= 0.6 is 15.9 Å². The molecule has 0 radical (unpaired) electrons. The minimum atomic E-state index is -0.367. The molecule has 0 aliphatic heterocycles. The molecule has 0 aromatic carbocycles. The van der Waals surface area contributed by atoms with Crippen molar-refractivity contribution in [2.24, 2.45) is 0 Å². The highest BCUT2D eigenvalue weighted by Crippen LogP contribution is 2.19. The maximum atomic E-state index is 11.9. The second-order valence-electron chi connectivity index (χ2n) is 2.40. The van der Waals surface area contributed by atoms with Crippen molar-refractivity contribution < 1.29 is 4.39 Å². The van der Waals surface area contributed by atoms with Gasteiger partial charge in [0.1, 0.15) is 6.67 Å². The van der Waals surface area contributed by atoms with Gasteiger partial charge in [0, 0.05) is 5.69 Å². The van der Waals surface area contributed by atoms with E-state index in [1.165, 1.54) is 0 Å². The molecule has 1 heterocycles. The summed E-state index contributed by atoms with van der Waals surface area (Å²) in [5.41, 5.74) is 1.90. The van der Waals surface area contributed by atoms with Gasteiger partial charge in [-0.2, -0.15) is 5.10 Å². The van der Waals surface area contributed by atoms with E-state index < -0.39 is 0 Å². The minimum Gasteiger partial charge on any atom is -0.266 e. The van der Waals surface area contributed by atoms with Crippen LogP contribution in [0.5, 0.6) is 0 Å². The molecule has 11 heavy (non-hydrogen) atoms. The zero-order valence-corrected chi connectivity index (χ0v) is 8.15. The SMILES string of the molecule is Cc1nn(CCF)c(C)c1Br. The molecule has 0 fully saturated rings. The Morgan fingerprint density at radius 1 is 1.55 bits per heavy atom. The monoisotopic (exact) mass is 220 g/mol. The summed E-state index contributed by atoms with van der Waals surface area (Å²) in [5.74, 6) is 0. The number of aryl methyl sites for hydroxylation is 2. The van der Waals surface area contributed by atoms with Crippen LogP contribution in [-0.2, 0) is 6.54 Å². The highest BCUT2D eigenvalue weighted by atomic mass is 79.9. The van der Waals surface area contributed by atoms with Gasteiger partial charge >= 0.3 is 0 Å². The molecule has 0 saturated heterocycles. The van der Waals surface area contributed by atoms with E-state index in [0.29, 0.717) is 6.54 Å². The third-order valence-electron chi connectivity index (χ3n) is 1.59. The van der Waals surface area contributed by atoms with Gasteiger partial charge in [0.25, 0.3) is 0 Å². The Kier molecular flexibility index (Phi) is 2.65. The molecule has 62 valence electrons. The van der Waals surface area contributed by atoms with Crippen molar-refractivity contribution in [1.82, 2.24) is 9.78 Å². The summed E-state index contributed by atoms with van der Waals surface area (Å²) >= 11 is 3.36. The summed E-state index contributed by atoms with van der Waals surface area (Å²) in [4.78, 5) is 0. The fraction of sp³-hybridized carbons (Fsp3) is 0.571. The van der Waals surface area contributed by atoms with Gasteiger partial charge < -0.3 is 0 Å². The molecule has 0 spiro atoms. The normalized spacial score (nSPS) is 10.5. The Hall–Kier alpha value is -0.380. The van der Waals surface area contributed by atoms with Gasteiger partial charge in [-0.05, 0) is 29.8 Å². The van der Waals surface area contributed by atoms with Gasteiger partial charge in [-0.15, -0.1) is 0 Å². The largest absolute Gasteiger partial charge is 0.266 e. The van der Waals surface area contributed by atoms with E-state index >= 15 is 0 Å². The summed E-state index contributed by atoms with van der Waals surface area (Å²) in [5, 5.41) is 4.13. The zero-order chi connectivity index (χ0) is 8.43. The third kappa shape index (κ3) is 1.61. The lowest BCUT2D eigenvalue weighted by Crippen LogP contribution is -2.03. The Bertz CT molecular complexity index is 257. The Balaban J connectivity index is 2.98. The average molecular weight is 221 g/mol. The first-order valence-electron chi connectivity index (χ1n) is 3.42. The van der Waals surface area contributed by atoms with Crippen molar-refractivity contribution in [1.29, 1.82) is 0 Å². The molecular formula is C7H10BrFN2. The summed E-state index contributed by atoms with van der Waals surface area (Å²) in [6, 6.07) is 0. The summed E-state index contributed by atoms with van der Waals surface area (Å²) in [6.45, 7) is 3.79. The Morgan fingerprint density at radius 3 is 2.55 bits per heavy atom. The summed E-state index contributed by atoms with van der Waals surface area (Å²) in [7, 11) is 0. The van der Waals surface area contributed by atoms with Crippen LogP contribution < -0.4 is 0 Å². The van der Waals surface area contributed by atoms with Crippen LogP contribution in [0.25, 0.3) is 0 Å². The van der Waals surface area contributed by atoms with Crippen LogP contribution in [0.15, 0.2) is 4.47 Å². The van der Waals surface area contributed by atoms with Crippen LogP contribution in [0, 0.1) is 13.8 Å². The predicted molar refractivity (Wildman–Crippen MR) is 45.4 cm³/mol. The van der Waals surface area contributed by atoms with Crippen molar-refractivity contribution in [3.05, 3.63) is 15.9 Å². The highest BCUT2D eigenvalue weighted by Gasteiger charge is 2.06. The Morgan fingerprint density at radius 2 is 2.18 bits per heavy atom. The lowest BCUT2D eigenvalue weighted by Gasteiger charge is -1.98. The molecule has 0 amide bonds. The number of hydrogen-bond acceptors (Lipinski definition) is 1. The van der Waals surface area contributed by atoms with Gasteiger partial charge in [-0.3, -0.25) is 4.68 Å². The van der Waals surface area contributed by atoms with E-state index in [1.807, 2.05) is 13.8 Å². The van der Waals surface area contributed by atoms with Crippen molar-refractivity contribution in [3.63, 3.8) is 0 Å². The van der Waals surface area contributed by atoms with Crippen molar-refractivity contribution in [3.8, 4) is 0 Å². The van der Waals surface area contributed by atoms with E-state index in [0.717, 1.165) is 15.9 Å². The van der Waals surface area contributed by atoms with E-state index in [9.17, 15) is 4.39 Å². The molecule has 1 rings (SSSR count).